The van der Waals surface area contributed by atoms with E-state index in [1.807, 2.05) is 28.5 Å². The van der Waals surface area contributed by atoms with Gasteiger partial charge in [0.15, 0.2) is 0 Å². The maximum Gasteiger partial charge on any atom is 0.411 e. The van der Waals surface area contributed by atoms with Gasteiger partial charge in [0.1, 0.15) is 18.6 Å². The average Bonchev–Trinajstić information content (AvgIpc) is 3.49. The molecule has 6 rings (SSSR count). The van der Waals surface area contributed by atoms with E-state index in [1.54, 1.807) is 16.2 Å². The lowest BCUT2D eigenvalue weighted by atomic mass is 9.77. The summed E-state index contributed by atoms with van der Waals surface area (Å²) in [6.45, 7) is 5.03. The van der Waals surface area contributed by atoms with Crippen LogP contribution in [0.1, 0.15) is 56.1 Å². The fourth-order valence-electron chi connectivity index (χ4n) is 7.79. The number of aldehydes is 1. The number of ether oxygens (including phenoxy) is 1. The molecule has 238 valence electrons. The van der Waals surface area contributed by atoms with Crippen LogP contribution in [0, 0.1) is 11.8 Å². The van der Waals surface area contributed by atoms with Crippen LogP contribution >= 0.6 is 43.2 Å². The lowest BCUT2D eigenvalue weighted by Crippen LogP contribution is -2.69. The second-order valence-corrected chi connectivity index (χ2v) is 15.2. The highest BCUT2D eigenvalue weighted by Gasteiger charge is 2.52. The van der Waals surface area contributed by atoms with Gasteiger partial charge in [-0.25, -0.2) is 9.59 Å². The first kappa shape index (κ1) is 32.0. The smallest absolute Gasteiger partial charge is 0.411 e. The maximum absolute atomic E-state index is 13.9. The molecule has 0 radical (unpaired) electrons. The average molecular weight is 752 g/mol. The van der Waals surface area contributed by atoms with E-state index in [0.717, 1.165) is 77.0 Å². The van der Waals surface area contributed by atoms with E-state index in [2.05, 4.69) is 59.4 Å². The molecule has 0 aliphatic carbocycles. The number of benzene rings is 1. The van der Waals surface area contributed by atoms with Crippen molar-refractivity contribution in [1.82, 2.24) is 19.6 Å². The number of nitrogens with one attached hydrogen (secondary N) is 1. The largest absolute Gasteiger partial charge is 0.445 e. The fourth-order valence-corrected chi connectivity index (χ4v) is 9.24. The number of urea groups is 1. The van der Waals surface area contributed by atoms with Crippen molar-refractivity contribution in [3.8, 4) is 0 Å². The van der Waals surface area contributed by atoms with Crippen LogP contribution in [0.15, 0.2) is 37.9 Å². The maximum atomic E-state index is 13.9. The monoisotopic (exact) mass is 749 g/mol. The molecule has 4 aliphatic heterocycles. The Morgan fingerprint density at radius 1 is 1.05 bits per heavy atom. The van der Waals surface area contributed by atoms with E-state index in [-0.39, 0.29) is 25.1 Å². The van der Waals surface area contributed by atoms with Crippen LogP contribution in [0.5, 0.6) is 0 Å². The topological polar surface area (TPSA) is 85.4 Å². The van der Waals surface area contributed by atoms with Crippen molar-refractivity contribution in [3.63, 3.8) is 0 Å². The Kier molecular flexibility index (Phi) is 10.0. The fraction of sp³-hybridized carbons (Fsp3) is 0.594. The highest BCUT2D eigenvalue weighted by atomic mass is 79.9. The van der Waals surface area contributed by atoms with Gasteiger partial charge in [0.05, 0.1) is 12.2 Å². The lowest BCUT2D eigenvalue weighted by Gasteiger charge is -2.57. The summed E-state index contributed by atoms with van der Waals surface area (Å²) in [5.74, 6) is 1.39. The number of hydrogen-bond acceptors (Lipinski definition) is 7. The first-order valence-corrected chi connectivity index (χ1v) is 18.2. The second kappa shape index (κ2) is 13.8. The number of hydrogen-bond donors (Lipinski definition) is 1. The van der Waals surface area contributed by atoms with Crippen molar-refractivity contribution in [2.24, 2.45) is 11.8 Å². The van der Waals surface area contributed by atoms with E-state index in [4.69, 9.17) is 4.74 Å². The Morgan fingerprint density at radius 2 is 1.77 bits per heavy atom. The number of fused-ring (bicyclic) bond motifs is 1. The molecule has 2 atom stereocenters. The summed E-state index contributed by atoms with van der Waals surface area (Å²) in [6.07, 6.45) is 6.44. The van der Waals surface area contributed by atoms with Crippen molar-refractivity contribution in [1.29, 1.82) is 0 Å². The normalized spacial score (nSPS) is 25.9. The van der Waals surface area contributed by atoms with Crippen molar-refractivity contribution in [2.75, 3.05) is 45.1 Å². The van der Waals surface area contributed by atoms with Crippen molar-refractivity contribution in [2.45, 2.75) is 69.8 Å². The minimum atomic E-state index is -0.852. The Morgan fingerprint density at radius 3 is 2.48 bits per heavy atom. The van der Waals surface area contributed by atoms with Gasteiger partial charge in [0.2, 0.25) is 0 Å². The Hall–Kier alpha value is -1.99. The molecule has 2 aromatic rings. The molecular formula is C32H41Br2N5O4S. The Balaban J connectivity index is 1.23. The molecular weight excluding hydrogens is 710 g/mol. The summed E-state index contributed by atoms with van der Waals surface area (Å²) < 4.78 is 7.75. The van der Waals surface area contributed by atoms with Crippen LogP contribution in [0.2, 0.25) is 0 Å². The number of nitrogens with zero attached hydrogens (tertiary/aromatic N) is 4. The third kappa shape index (κ3) is 6.61. The molecule has 44 heavy (non-hydrogen) atoms. The number of halogens is 2. The van der Waals surface area contributed by atoms with Crippen molar-refractivity contribution >= 4 is 67.3 Å². The van der Waals surface area contributed by atoms with Crippen LogP contribution in [-0.4, -0.2) is 89.5 Å². The van der Waals surface area contributed by atoms with Gasteiger partial charge in [-0.05, 0) is 119 Å². The van der Waals surface area contributed by atoms with E-state index in [0.29, 0.717) is 31.8 Å². The van der Waals surface area contributed by atoms with Crippen molar-refractivity contribution < 1.29 is 19.1 Å². The van der Waals surface area contributed by atoms with Gasteiger partial charge in [0, 0.05) is 58.4 Å². The van der Waals surface area contributed by atoms with Gasteiger partial charge in [0.25, 0.3) is 0 Å². The molecule has 1 aromatic carbocycles. The van der Waals surface area contributed by atoms with Gasteiger partial charge in [-0.2, -0.15) is 0 Å². The standard InChI is InChI=1S/C32H41Br2N5O4S/c1-36-10-4-23(5-11-36)24-6-12-37(13-7-24)32(9-15-40)17-26(38-18-25-20-44-21-29(25)35-30(38)41)8-14-39(32)31(42)43-19-22-2-3-27(33)28(34)16-22/h2-3,15-16,20-21,23-24,26H,4-14,17-19H2,1H3,(H,35,41)/t26-,32+/m1/s1. The number of anilines is 1. The van der Waals surface area contributed by atoms with E-state index < -0.39 is 11.8 Å². The molecule has 0 unspecified atom stereocenters. The third-order valence-electron chi connectivity index (χ3n) is 10.3. The predicted molar refractivity (Wildman–Crippen MR) is 179 cm³/mol. The molecule has 3 amide bonds. The second-order valence-electron chi connectivity index (χ2n) is 12.8. The van der Waals surface area contributed by atoms with Gasteiger partial charge < -0.3 is 24.6 Å². The number of thiophene rings is 1. The molecule has 5 heterocycles. The summed E-state index contributed by atoms with van der Waals surface area (Å²) in [5.41, 5.74) is 2.01. The molecule has 12 heteroatoms. The zero-order chi connectivity index (χ0) is 30.8. The SMILES string of the molecule is CN1CCC(C2CCN([C@]3(CC=O)C[C@H](N4Cc5cscc5NC4=O)CCN3C(=O)OCc3ccc(Br)c(Br)c3)CC2)CC1. The number of carbonyl (C=O) groups excluding carboxylic acids is 3. The van der Waals surface area contributed by atoms with E-state index in [9.17, 15) is 14.4 Å². The number of carbonyl (C=O) groups is 3. The predicted octanol–water partition coefficient (Wildman–Crippen LogP) is 6.76. The minimum absolute atomic E-state index is 0.110. The molecule has 0 bridgehead atoms. The number of rotatable bonds is 7. The summed E-state index contributed by atoms with van der Waals surface area (Å²) in [7, 11) is 2.20. The quantitative estimate of drug-likeness (QED) is 0.315. The zero-order valence-corrected chi connectivity index (χ0v) is 29.2. The van der Waals surface area contributed by atoms with Gasteiger partial charge in [-0.1, -0.05) is 6.07 Å². The van der Waals surface area contributed by atoms with Crippen LogP contribution in [-0.2, 0) is 22.7 Å². The highest BCUT2D eigenvalue weighted by Crippen LogP contribution is 2.42. The molecule has 1 aromatic heterocycles. The van der Waals surface area contributed by atoms with E-state index in [1.165, 1.54) is 12.8 Å². The van der Waals surface area contributed by atoms with Crippen LogP contribution in [0.25, 0.3) is 0 Å². The summed E-state index contributed by atoms with van der Waals surface area (Å²) in [6, 6.07) is 5.56. The first-order chi connectivity index (χ1) is 21.3. The number of amides is 3. The third-order valence-corrected chi connectivity index (χ3v) is 13.0. The van der Waals surface area contributed by atoms with Crippen LogP contribution in [0.4, 0.5) is 15.3 Å². The lowest BCUT2D eigenvalue weighted by molar-refractivity contribution is -0.129. The van der Waals surface area contributed by atoms with Crippen LogP contribution in [0.3, 0.4) is 0 Å². The molecule has 3 fully saturated rings. The molecule has 1 N–H and O–H groups in total. The highest BCUT2D eigenvalue weighted by molar-refractivity contribution is 9.13. The molecule has 4 aliphatic rings. The molecule has 0 saturated carbocycles. The van der Waals surface area contributed by atoms with Gasteiger partial charge in [-0.15, -0.1) is 11.3 Å². The summed E-state index contributed by atoms with van der Waals surface area (Å²) in [4.78, 5) is 48.1. The Bertz CT molecular complexity index is 1360. The van der Waals surface area contributed by atoms with Crippen LogP contribution < -0.4 is 5.32 Å². The summed E-state index contributed by atoms with van der Waals surface area (Å²) >= 11 is 8.61. The van der Waals surface area contributed by atoms with Gasteiger partial charge >= 0.3 is 12.1 Å². The van der Waals surface area contributed by atoms with Gasteiger partial charge in [-0.3, -0.25) is 9.80 Å². The van der Waals surface area contributed by atoms with Crippen molar-refractivity contribution in [3.05, 3.63) is 49.0 Å². The summed E-state index contributed by atoms with van der Waals surface area (Å²) in [5, 5.41) is 7.11. The molecule has 0 spiro atoms. The minimum Gasteiger partial charge on any atom is -0.445 e. The number of piperidine rings is 3. The molecule has 3 saturated heterocycles. The molecule has 9 nitrogen and oxygen atoms in total. The number of likely N-dealkylation sites (tertiary alicyclic amines) is 3. The Labute approximate surface area is 280 Å². The van der Waals surface area contributed by atoms with E-state index >= 15 is 0 Å². The first-order valence-electron chi connectivity index (χ1n) is 15.7. The zero-order valence-electron chi connectivity index (χ0n) is 25.2.